The molecule has 3 rings (SSSR count). The lowest BCUT2D eigenvalue weighted by molar-refractivity contribution is 0.0597. The van der Waals surface area contributed by atoms with Gasteiger partial charge in [0.05, 0.1) is 60.4 Å². The summed E-state index contributed by atoms with van der Waals surface area (Å²) in [6, 6.07) is 4.98. The molecule has 0 fully saturated rings. The van der Waals surface area contributed by atoms with Crippen LogP contribution in [0.2, 0.25) is 0 Å². The van der Waals surface area contributed by atoms with Crippen LogP contribution < -0.4 is 23.7 Å². The number of phenols is 1. The molecule has 0 aliphatic carbocycles. The highest BCUT2D eigenvalue weighted by Crippen LogP contribution is 2.55. The van der Waals surface area contributed by atoms with Crippen LogP contribution in [-0.4, -0.2) is 64.6 Å². The number of phenolic OH excluding ortho intramolecular Hbond substituents is 1. The van der Waals surface area contributed by atoms with E-state index >= 15 is 0 Å². The van der Waals surface area contributed by atoms with E-state index in [0.29, 0.717) is 17.1 Å². The average Bonchev–Trinajstić information content (AvgIpc) is 3.00. The number of ketones is 1. The molecule has 0 atom stereocenters. The number of methoxy groups -OCH3 is 6. The highest BCUT2D eigenvalue weighted by Gasteiger charge is 2.35. The summed E-state index contributed by atoms with van der Waals surface area (Å²) in [5.74, 6) is -0.633. The smallest absolute Gasteiger partial charge is 0.339 e. The van der Waals surface area contributed by atoms with E-state index in [1.54, 1.807) is 18.2 Å². The zero-order chi connectivity index (χ0) is 30.4. The second-order valence-corrected chi connectivity index (χ2v) is 9.33. The fourth-order valence-electron chi connectivity index (χ4n) is 5.27. The zero-order valence-electron chi connectivity index (χ0n) is 24.8. The second-order valence-electron chi connectivity index (χ2n) is 9.33. The van der Waals surface area contributed by atoms with Crippen molar-refractivity contribution in [1.82, 2.24) is 0 Å². The first kappa shape index (κ1) is 31.3. The Balaban J connectivity index is 2.75. The van der Waals surface area contributed by atoms with Gasteiger partial charge in [0, 0.05) is 28.3 Å². The largest absolute Gasteiger partial charge is 0.506 e. The third kappa shape index (κ3) is 5.44. The van der Waals surface area contributed by atoms with Gasteiger partial charge in [-0.1, -0.05) is 32.8 Å². The van der Waals surface area contributed by atoms with E-state index in [4.69, 9.17) is 28.4 Å². The van der Waals surface area contributed by atoms with Crippen molar-refractivity contribution in [2.45, 2.75) is 39.7 Å². The molecule has 10 nitrogen and oxygen atoms in total. The van der Waals surface area contributed by atoms with Crippen LogP contribution in [0.5, 0.6) is 34.5 Å². The topological polar surface area (TPSA) is 130 Å². The molecule has 0 bridgehead atoms. The number of carbonyl (C=O) groups is 2. The van der Waals surface area contributed by atoms with E-state index in [9.17, 15) is 19.8 Å². The van der Waals surface area contributed by atoms with Gasteiger partial charge in [-0.15, -0.1) is 0 Å². The van der Waals surface area contributed by atoms with E-state index < -0.39 is 24.1 Å². The molecule has 0 aromatic heterocycles. The van der Waals surface area contributed by atoms with Crippen LogP contribution in [0.25, 0.3) is 21.9 Å². The van der Waals surface area contributed by atoms with Gasteiger partial charge in [-0.2, -0.15) is 0 Å². The number of aliphatic hydroxyl groups excluding tert-OH is 1. The SMILES string of the molecule is CCC(CC)CC(=O)c1c(C(=O)OC)c(-c2ccc(OC)c(OC)c2)c2c(OC)c(OC)c(OC)c(CO)c2c1O. The lowest BCUT2D eigenvalue weighted by atomic mass is 9.83. The van der Waals surface area contributed by atoms with Crippen molar-refractivity contribution < 1.29 is 48.2 Å². The van der Waals surface area contributed by atoms with Crippen LogP contribution in [0, 0.1) is 5.92 Å². The number of rotatable bonds is 13. The van der Waals surface area contributed by atoms with E-state index in [0.717, 1.165) is 12.8 Å². The van der Waals surface area contributed by atoms with Crippen molar-refractivity contribution in [3.63, 3.8) is 0 Å². The van der Waals surface area contributed by atoms with Crippen LogP contribution >= 0.6 is 0 Å². The van der Waals surface area contributed by atoms with Gasteiger partial charge < -0.3 is 38.6 Å². The highest BCUT2D eigenvalue weighted by atomic mass is 16.5. The summed E-state index contributed by atoms with van der Waals surface area (Å²) in [6.45, 7) is 3.37. The van der Waals surface area contributed by atoms with Gasteiger partial charge in [0.15, 0.2) is 28.8 Å². The quantitative estimate of drug-likeness (QED) is 0.199. The summed E-state index contributed by atoms with van der Waals surface area (Å²) in [7, 11) is 8.35. The first-order chi connectivity index (χ1) is 19.7. The number of esters is 1. The summed E-state index contributed by atoms with van der Waals surface area (Å²) in [5.41, 5.74) is 0.414. The number of fused-ring (bicyclic) bond motifs is 1. The minimum Gasteiger partial charge on any atom is -0.506 e. The molecular formula is C31H38O10. The molecule has 0 radical (unpaired) electrons. The summed E-state index contributed by atoms with van der Waals surface area (Å²) < 4.78 is 33.1. The van der Waals surface area contributed by atoms with Crippen molar-refractivity contribution in [2.75, 3.05) is 42.7 Å². The maximum atomic E-state index is 14.0. The Morgan fingerprint density at radius 2 is 1.39 bits per heavy atom. The number of Topliss-reactive ketones (excluding diaryl/α,β-unsaturated/α-hetero) is 1. The number of aliphatic hydroxyl groups is 1. The Labute approximate surface area is 239 Å². The zero-order valence-corrected chi connectivity index (χ0v) is 24.8. The lowest BCUT2D eigenvalue weighted by Gasteiger charge is -2.25. The fourth-order valence-corrected chi connectivity index (χ4v) is 5.27. The molecule has 3 aromatic carbocycles. The van der Waals surface area contributed by atoms with Crippen LogP contribution in [0.1, 0.15) is 59.4 Å². The summed E-state index contributed by atoms with van der Waals surface area (Å²) >= 11 is 0. The molecule has 0 unspecified atom stereocenters. The molecule has 0 aliphatic heterocycles. The predicted molar refractivity (Wildman–Crippen MR) is 154 cm³/mol. The summed E-state index contributed by atoms with van der Waals surface area (Å²) in [4.78, 5) is 27.5. The van der Waals surface area contributed by atoms with Crippen LogP contribution in [0.4, 0.5) is 0 Å². The Bertz CT molecular complexity index is 1440. The van der Waals surface area contributed by atoms with Gasteiger partial charge in [0.2, 0.25) is 5.75 Å². The number of aromatic hydroxyl groups is 1. The van der Waals surface area contributed by atoms with Gasteiger partial charge in [-0.3, -0.25) is 4.79 Å². The molecule has 222 valence electrons. The number of benzene rings is 3. The number of ether oxygens (including phenoxy) is 6. The van der Waals surface area contributed by atoms with Crippen LogP contribution in [0.15, 0.2) is 18.2 Å². The molecule has 41 heavy (non-hydrogen) atoms. The molecule has 0 saturated heterocycles. The fraction of sp³-hybridized carbons (Fsp3) is 0.419. The van der Waals surface area contributed by atoms with Crippen LogP contribution in [0.3, 0.4) is 0 Å². The summed E-state index contributed by atoms with van der Waals surface area (Å²) in [5, 5.41) is 22.7. The Hall–Kier alpha value is -4.18. The molecular weight excluding hydrogens is 532 g/mol. The molecule has 0 heterocycles. The van der Waals surface area contributed by atoms with E-state index in [1.807, 2.05) is 13.8 Å². The Kier molecular flexibility index (Phi) is 10.3. The minimum atomic E-state index is -0.845. The van der Waals surface area contributed by atoms with Crippen molar-refractivity contribution in [1.29, 1.82) is 0 Å². The van der Waals surface area contributed by atoms with Gasteiger partial charge in [-0.05, 0) is 23.6 Å². The van der Waals surface area contributed by atoms with Crippen molar-refractivity contribution in [2.24, 2.45) is 5.92 Å². The summed E-state index contributed by atoms with van der Waals surface area (Å²) in [6.07, 6.45) is 1.54. The molecule has 3 aromatic rings. The molecule has 0 amide bonds. The normalized spacial score (nSPS) is 11.0. The van der Waals surface area contributed by atoms with Gasteiger partial charge in [0.1, 0.15) is 5.75 Å². The van der Waals surface area contributed by atoms with Gasteiger partial charge >= 0.3 is 5.97 Å². The molecule has 0 spiro atoms. The third-order valence-corrected chi connectivity index (χ3v) is 7.43. The predicted octanol–water partition coefficient (Wildman–Crippen LogP) is 5.54. The number of hydrogen-bond donors (Lipinski definition) is 2. The minimum absolute atomic E-state index is 0.0184. The van der Waals surface area contributed by atoms with E-state index in [2.05, 4.69) is 0 Å². The van der Waals surface area contributed by atoms with E-state index in [-0.39, 0.29) is 62.6 Å². The molecule has 10 heteroatoms. The standard InChI is InChI=1S/C31H38O10/c1-9-16(10-2)13-19(33)24-26(31(35)41-8)22(17-11-12-20(36-3)21(14-17)37-4)25-23(27(24)34)18(15-32)28(38-5)30(40-7)29(25)39-6/h11-12,14,16,32,34H,9-10,13,15H2,1-8H3. The number of carbonyl (C=O) groups excluding carboxylic acids is 2. The first-order valence-corrected chi connectivity index (χ1v) is 13.2. The average molecular weight is 571 g/mol. The number of hydrogen-bond acceptors (Lipinski definition) is 10. The Morgan fingerprint density at radius 1 is 0.780 bits per heavy atom. The maximum absolute atomic E-state index is 14.0. The van der Waals surface area contributed by atoms with Gasteiger partial charge in [0.25, 0.3) is 0 Å². The third-order valence-electron chi connectivity index (χ3n) is 7.43. The molecule has 0 aliphatic rings. The second kappa shape index (κ2) is 13.5. The first-order valence-electron chi connectivity index (χ1n) is 13.2. The van der Waals surface area contributed by atoms with E-state index in [1.165, 1.54) is 42.7 Å². The monoisotopic (exact) mass is 570 g/mol. The van der Waals surface area contributed by atoms with Crippen molar-refractivity contribution in [3.8, 4) is 45.6 Å². The molecule has 0 saturated carbocycles. The van der Waals surface area contributed by atoms with Crippen molar-refractivity contribution in [3.05, 3.63) is 34.9 Å². The lowest BCUT2D eigenvalue weighted by Crippen LogP contribution is -2.17. The Morgan fingerprint density at radius 3 is 1.88 bits per heavy atom. The van der Waals surface area contributed by atoms with Crippen LogP contribution in [-0.2, 0) is 11.3 Å². The maximum Gasteiger partial charge on any atom is 0.339 e. The molecule has 2 N–H and O–H groups in total. The highest BCUT2D eigenvalue weighted by molar-refractivity contribution is 6.22. The van der Waals surface area contributed by atoms with Crippen molar-refractivity contribution >= 4 is 22.5 Å². The van der Waals surface area contributed by atoms with Gasteiger partial charge in [-0.25, -0.2) is 4.79 Å².